The van der Waals surface area contributed by atoms with E-state index in [-0.39, 0.29) is 31.8 Å². The van der Waals surface area contributed by atoms with Crippen molar-refractivity contribution in [2.24, 2.45) is 5.73 Å². The van der Waals surface area contributed by atoms with Gasteiger partial charge in [0.2, 0.25) is 5.91 Å². The maximum absolute atomic E-state index is 12.4. The van der Waals surface area contributed by atoms with Crippen LogP contribution in [-0.4, -0.2) is 79.6 Å². The van der Waals surface area contributed by atoms with Gasteiger partial charge in [-0.25, -0.2) is 14.4 Å². The highest BCUT2D eigenvalue weighted by molar-refractivity contribution is 6.01. The molecular weight excluding hydrogens is 508 g/mol. The molecule has 2 rings (SSSR count). The number of nitrogens with one attached hydrogen (secondary N) is 4. The third-order valence-corrected chi connectivity index (χ3v) is 5.60. The van der Waals surface area contributed by atoms with Crippen LogP contribution in [0.15, 0.2) is 42.5 Å². The minimum absolute atomic E-state index is 0.0377. The summed E-state index contributed by atoms with van der Waals surface area (Å²) < 4.78 is 5.38. The molecular formula is C26H34N6O7. The number of nitrogens with zero attached hydrogens (tertiary/aromatic N) is 1. The number of rotatable bonds is 14. The number of carbonyl (C=O) groups excluding carboxylic acids is 4. The lowest BCUT2D eigenvalue weighted by atomic mass is 10.1. The Morgan fingerprint density at radius 2 is 1.74 bits per heavy atom. The van der Waals surface area contributed by atoms with E-state index in [0.29, 0.717) is 22.7 Å². The second-order valence-electron chi connectivity index (χ2n) is 8.75. The Kier molecular flexibility index (Phi) is 11.7. The summed E-state index contributed by atoms with van der Waals surface area (Å²) in [5, 5.41) is 19.8. The van der Waals surface area contributed by atoms with E-state index in [2.05, 4.69) is 21.3 Å². The lowest BCUT2D eigenvalue weighted by molar-refractivity contribution is -0.141. The number of benzene rings is 2. The molecule has 0 spiro atoms. The number of para-hydroxylation sites is 1. The number of anilines is 2. The topological polar surface area (TPSA) is 192 Å². The molecule has 210 valence electrons. The molecule has 2 aromatic rings. The molecule has 5 amide bonds. The molecule has 13 heteroatoms. The van der Waals surface area contributed by atoms with Crippen molar-refractivity contribution >= 4 is 41.1 Å². The van der Waals surface area contributed by atoms with Crippen molar-refractivity contribution in [1.29, 1.82) is 0 Å². The van der Waals surface area contributed by atoms with Crippen LogP contribution in [0.4, 0.5) is 21.0 Å². The van der Waals surface area contributed by atoms with Crippen molar-refractivity contribution in [2.75, 3.05) is 44.4 Å². The second kappa shape index (κ2) is 14.9. The van der Waals surface area contributed by atoms with Crippen molar-refractivity contribution in [3.8, 4) is 5.75 Å². The zero-order chi connectivity index (χ0) is 28.9. The number of urea groups is 2. The average molecular weight is 543 g/mol. The van der Waals surface area contributed by atoms with Crippen LogP contribution in [0, 0.1) is 6.92 Å². The van der Waals surface area contributed by atoms with Gasteiger partial charge in [0.25, 0.3) is 0 Å². The van der Waals surface area contributed by atoms with E-state index in [1.165, 1.54) is 19.1 Å². The number of nitrogens with two attached hydrogens (primary N) is 1. The molecule has 39 heavy (non-hydrogen) atoms. The number of ketones is 1. The summed E-state index contributed by atoms with van der Waals surface area (Å²) in [6, 6.07) is 9.88. The van der Waals surface area contributed by atoms with Crippen LogP contribution in [0.1, 0.15) is 17.5 Å². The van der Waals surface area contributed by atoms with Crippen molar-refractivity contribution in [3.63, 3.8) is 0 Å². The lowest BCUT2D eigenvalue weighted by Gasteiger charge is -2.21. The Morgan fingerprint density at radius 3 is 2.38 bits per heavy atom. The molecule has 0 saturated heterocycles. The first-order valence-corrected chi connectivity index (χ1v) is 12.1. The van der Waals surface area contributed by atoms with Gasteiger partial charge < -0.3 is 41.7 Å². The summed E-state index contributed by atoms with van der Waals surface area (Å²) in [5.74, 6) is -1.94. The number of aliphatic carboxylic acids is 1. The molecule has 1 atom stereocenters. The zero-order valence-electron chi connectivity index (χ0n) is 22.1. The van der Waals surface area contributed by atoms with Gasteiger partial charge in [-0.1, -0.05) is 24.3 Å². The van der Waals surface area contributed by atoms with Crippen molar-refractivity contribution in [2.45, 2.75) is 25.8 Å². The Balaban J connectivity index is 1.80. The fraction of sp³-hybridized carbons (Fsp3) is 0.346. The molecule has 13 nitrogen and oxygen atoms in total. The molecule has 0 radical (unpaired) electrons. The molecule has 0 saturated carbocycles. The Morgan fingerprint density at radius 1 is 1.05 bits per heavy atom. The van der Waals surface area contributed by atoms with Gasteiger partial charge in [0.15, 0.2) is 5.78 Å². The van der Waals surface area contributed by atoms with Crippen molar-refractivity contribution in [1.82, 2.24) is 15.5 Å². The smallest absolute Gasteiger partial charge is 0.326 e. The van der Waals surface area contributed by atoms with E-state index < -0.39 is 36.4 Å². The predicted octanol–water partition coefficient (Wildman–Crippen LogP) is 1.32. The maximum atomic E-state index is 12.4. The maximum Gasteiger partial charge on any atom is 0.326 e. The van der Waals surface area contributed by atoms with Gasteiger partial charge >= 0.3 is 18.0 Å². The van der Waals surface area contributed by atoms with Crippen molar-refractivity contribution < 1.29 is 33.8 Å². The molecule has 0 aliphatic heterocycles. The molecule has 0 fully saturated rings. The average Bonchev–Trinajstić information content (AvgIpc) is 2.87. The number of amides is 5. The van der Waals surface area contributed by atoms with E-state index in [4.69, 9.17) is 15.6 Å². The normalized spacial score (nSPS) is 11.2. The summed E-state index contributed by atoms with van der Waals surface area (Å²) in [5.41, 5.74) is 7.74. The van der Waals surface area contributed by atoms with Gasteiger partial charge in [0.05, 0.1) is 25.8 Å². The number of ether oxygens (including phenoxy) is 1. The lowest BCUT2D eigenvalue weighted by Crippen LogP contribution is -2.49. The highest BCUT2D eigenvalue weighted by atomic mass is 16.5. The van der Waals surface area contributed by atoms with E-state index in [1.807, 2.05) is 25.1 Å². The molecule has 2 aromatic carbocycles. The molecule has 0 bridgehead atoms. The van der Waals surface area contributed by atoms with Gasteiger partial charge in [0.1, 0.15) is 11.8 Å². The van der Waals surface area contributed by atoms with E-state index >= 15 is 0 Å². The van der Waals surface area contributed by atoms with Crippen LogP contribution in [0.3, 0.4) is 0 Å². The second-order valence-corrected chi connectivity index (χ2v) is 8.75. The molecule has 0 aromatic heterocycles. The standard InChI is InChI=1S/C26H34N6O7/c1-16-6-4-5-7-19(16)29-25(37)30-20-9-8-17(13-22(20)39-3)12-18(33)15-28-10-11-32(2)26(38)31-21(24(35)36)14-23(27)34/h4-9,13,21,28H,10-12,14-15H2,1-3H3,(H2,27,34)(H,31,38)(H,35,36)(H2,29,30,37). The molecule has 1 unspecified atom stereocenters. The highest BCUT2D eigenvalue weighted by Gasteiger charge is 2.23. The zero-order valence-corrected chi connectivity index (χ0v) is 22.1. The first kappa shape index (κ1) is 30.6. The molecule has 0 aliphatic carbocycles. The Hall–Kier alpha value is -4.65. The Bertz CT molecular complexity index is 1200. The largest absolute Gasteiger partial charge is 0.495 e. The monoisotopic (exact) mass is 542 g/mol. The van der Waals surface area contributed by atoms with Crippen LogP contribution in [0.2, 0.25) is 0 Å². The number of Topliss-reactive ketones (excluding diaryl/α,β-unsaturated/α-hetero) is 1. The Labute approximate surface area is 226 Å². The summed E-state index contributed by atoms with van der Waals surface area (Å²) in [7, 11) is 2.91. The van der Waals surface area contributed by atoms with Crippen LogP contribution in [0.5, 0.6) is 5.75 Å². The van der Waals surface area contributed by atoms with Gasteiger partial charge in [-0.15, -0.1) is 0 Å². The summed E-state index contributed by atoms with van der Waals surface area (Å²) >= 11 is 0. The van der Waals surface area contributed by atoms with Crippen molar-refractivity contribution in [3.05, 3.63) is 53.6 Å². The van der Waals surface area contributed by atoms with Crippen LogP contribution >= 0.6 is 0 Å². The van der Waals surface area contributed by atoms with Gasteiger partial charge in [0, 0.05) is 32.2 Å². The third-order valence-electron chi connectivity index (χ3n) is 5.60. The number of aryl methyl sites for hydroxylation is 1. The molecule has 0 aliphatic rings. The number of likely N-dealkylation sites (N-methyl/N-ethyl adjacent to an activating group) is 1. The molecule has 0 heterocycles. The minimum Gasteiger partial charge on any atom is -0.495 e. The molecule has 7 N–H and O–H groups in total. The fourth-order valence-electron chi connectivity index (χ4n) is 3.46. The van der Waals surface area contributed by atoms with Crippen LogP contribution < -0.4 is 31.7 Å². The first-order valence-electron chi connectivity index (χ1n) is 12.1. The first-order chi connectivity index (χ1) is 18.5. The number of hydrogen-bond acceptors (Lipinski definition) is 7. The SMILES string of the molecule is COc1cc(CC(=O)CNCCN(C)C(=O)NC(CC(N)=O)C(=O)O)ccc1NC(=O)Nc1ccccc1C. The van der Waals surface area contributed by atoms with E-state index in [1.54, 1.807) is 24.3 Å². The number of primary amides is 1. The van der Waals surface area contributed by atoms with Crippen LogP contribution in [0.25, 0.3) is 0 Å². The summed E-state index contributed by atoms with van der Waals surface area (Å²) in [6.45, 7) is 2.37. The van der Waals surface area contributed by atoms with Gasteiger partial charge in [-0.3, -0.25) is 9.59 Å². The van der Waals surface area contributed by atoms with Gasteiger partial charge in [-0.05, 0) is 36.2 Å². The number of hydrogen-bond donors (Lipinski definition) is 6. The highest BCUT2D eigenvalue weighted by Crippen LogP contribution is 2.26. The number of carboxylic acids is 1. The van der Waals surface area contributed by atoms with E-state index in [0.717, 1.165) is 5.56 Å². The number of methoxy groups -OCH3 is 1. The van der Waals surface area contributed by atoms with Crippen LogP contribution in [-0.2, 0) is 20.8 Å². The van der Waals surface area contributed by atoms with Gasteiger partial charge in [-0.2, -0.15) is 0 Å². The minimum atomic E-state index is -1.42. The summed E-state index contributed by atoms with van der Waals surface area (Å²) in [6.07, 6.45) is -0.410. The summed E-state index contributed by atoms with van der Waals surface area (Å²) in [4.78, 5) is 60.3. The third kappa shape index (κ3) is 10.3. The number of carbonyl (C=O) groups is 5. The fourth-order valence-corrected chi connectivity index (χ4v) is 3.46. The quantitative estimate of drug-likeness (QED) is 0.192. The number of carboxylic acid groups (broad SMARTS) is 1. The van der Waals surface area contributed by atoms with E-state index in [9.17, 15) is 24.0 Å². The predicted molar refractivity (Wildman–Crippen MR) is 145 cm³/mol.